The van der Waals surface area contributed by atoms with Crippen LogP contribution >= 0.6 is 22.9 Å². The zero-order chi connectivity index (χ0) is 50.3. The van der Waals surface area contributed by atoms with E-state index < -0.39 is 49.8 Å². The SMILES string of the molecule is C=Nc1sc(-c2ccc(F)cc2)c2c1C(=NC)O[C@@H](C(=O)O)Cc1cc(ccc1OCc1ccnc(OCCC(F)(F)F)n1)CC(=O)N(CCN1CCN(CC(F)(F)F)CC1)Cc1ccc-2c(C)c1Cl. The van der Waals surface area contributed by atoms with E-state index in [1.165, 1.54) is 47.7 Å². The van der Waals surface area contributed by atoms with E-state index in [0.29, 0.717) is 79.0 Å². The Balaban J connectivity index is 1.29. The number of aliphatic carboxylic acids is 1. The minimum Gasteiger partial charge on any atom is -0.487 e. The number of amides is 1. The van der Waals surface area contributed by atoms with Gasteiger partial charge in [0.2, 0.25) is 17.9 Å². The van der Waals surface area contributed by atoms with Crippen molar-refractivity contribution in [3.63, 3.8) is 0 Å². The Morgan fingerprint density at radius 2 is 1.69 bits per heavy atom. The third kappa shape index (κ3) is 13.2. The number of hydrogen-bond donors (Lipinski definition) is 1. The van der Waals surface area contributed by atoms with E-state index in [-0.39, 0.29) is 74.9 Å². The number of rotatable bonds is 13. The van der Waals surface area contributed by atoms with Crippen molar-refractivity contribution >= 4 is 52.4 Å². The maximum atomic E-state index is 14.5. The molecule has 3 aliphatic heterocycles. The molecular weight excluding hydrogens is 971 g/mol. The number of aromatic nitrogens is 2. The summed E-state index contributed by atoms with van der Waals surface area (Å²) in [4.78, 5) is 50.1. The fourth-order valence-corrected chi connectivity index (χ4v) is 9.45. The number of thiophene rings is 1. The molecule has 4 bridgehead atoms. The second-order valence-corrected chi connectivity index (χ2v) is 17.9. The van der Waals surface area contributed by atoms with Crippen LogP contribution in [0.15, 0.2) is 76.8 Å². The first kappa shape index (κ1) is 51.7. The molecule has 372 valence electrons. The Morgan fingerprint density at radius 1 is 0.957 bits per heavy atom. The predicted molar refractivity (Wildman–Crippen MR) is 250 cm³/mol. The highest BCUT2D eigenvalue weighted by Gasteiger charge is 2.34. The van der Waals surface area contributed by atoms with Gasteiger partial charge in [-0.15, -0.1) is 11.3 Å². The average Bonchev–Trinajstić information content (AvgIpc) is 3.69. The summed E-state index contributed by atoms with van der Waals surface area (Å²) >= 11 is 8.43. The lowest BCUT2D eigenvalue weighted by atomic mass is 9.93. The fraction of sp³-hybridized carbons (Fsp3) is 0.375. The number of fused-ring (bicyclic) bond motifs is 8. The summed E-state index contributed by atoms with van der Waals surface area (Å²) in [5, 5.41) is 11.4. The van der Waals surface area contributed by atoms with Gasteiger partial charge in [-0.3, -0.25) is 24.6 Å². The molecule has 1 fully saturated rings. The van der Waals surface area contributed by atoms with E-state index in [9.17, 15) is 45.4 Å². The number of alkyl halides is 6. The largest absolute Gasteiger partial charge is 0.487 e. The first-order valence-electron chi connectivity index (χ1n) is 21.9. The molecule has 70 heavy (non-hydrogen) atoms. The Hall–Kier alpha value is -6.16. The van der Waals surface area contributed by atoms with Gasteiger partial charge in [0.25, 0.3) is 0 Å². The van der Waals surface area contributed by atoms with E-state index in [2.05, 4.69) is 26.7 Å². The number of nitrogens with zero attached hydrogens (tertiary/aromatic N) is 7. The maximum Gasteiger partial charge on any atom is 0.401 e. The Bertz CT molecular complexity index is 2730. The van der Waals surface area contributed by atoms with Crippen LogP contribution in [0.1, 0.15) is 39.9 Å². The summed E-state index contributed by atoms with van der Waals surface area (Å²) in [5.74, 6) is -2.14. The molecule has 1 amide bonds. The number of carboxylic acids is 1. The molecule has 3 aliphatic rings. The molecule has 22 heteroatoms. The topological polar surface area (TPSA) is 142 Å². The number of aliphatic imine (C=N–C) groups is 2. The molecule has 2 aromatic heterocycles. The van der Waals surface area contributed by atoms with Crippen LogP contribution in [0.4, 0.5) is 35.7 Å². The minimum atomic E-state index is -4.45. The van der Waals surface area contributed by atoms with Gasteiger partial charge in [0, 0.05) is 80.9 Å². The van der Waals surface area contributed by atoms with Crippen LogP contribution in [0.25, 0.3) is 21.6 Å². The third-order valence-electron chi connectivity index (χ3n) is 11.7. The Labute approximate surface area is 407 Å². The van der Waals surface area contributed by atoms with Gasteiger partial charge in [-0.2, -0.15) is 31.3 Å². The van der Waals surface area contributed by atoms with Gasteiger partial charge >= 0.3 is 24.3 Å². The molecule has 8 rings (SSSR count). The summed E-state index contributed by atoms with van der Waals surface area (Å²) in [7, 11) is 1.42. The fourth-order valence-electron chi connectivity index (χ4n) is 8.11. The van der Waals surface area contributed by atoms with Crippen LogP contribution in [0.3, 0.4) is 0 Å². The quantitative estimate of drug-likeness (QED) is 0.0896. The molecule has 5 aromatic rings. The first-order chi connectivity index (χ1) is 33.3. The first-order valence-corrected chi connectivity index (χ1v) is 23.1. The summed E-state index contributed by atoms with van der Waals surface area (Å²) in [6, 6.07) is 15.3. The monoisotopic (exact) mass is 1020 g/mol. The van der Waals surface area contributed by atoms with Crippen molar-refractivity contribution in [2.24, 2.45) is 9.98 Å². The number of piperazine rings is 1. The summed E-state index contributed by atoms with van der Waals surface area (Å²) in [5.41, 5.74) is 4.11. The van der Waals surface area contributed by atoms with Crippen molar-refractivity contribution in [3.05, 3.63) is 111 Å². The van der Waals surface area contributed by atoms with E-state index in [1.54, 1.807) is 48.2 Å². The van der Waals surface area contributed by atoms with Crippen LogP contribution < -0.4 is 9.47 Å². The second kappa shape index (κ2) is 22.3. The van der Waals surface area contributed by atoms with E-state index in [4.69, 9.17) is 25.8 Å². The lowest BCUT2D eigenvalue weighted by Crippen LogP contribution is -2.51. The van der Waals surface area contributed by atoms with Crippen molar-refractivity contribution < 1.29 is 59.6 Å². The highest BCUT2D eigenvalue weighted by atomic mass is 35.5. The van der Waals surface area contributed by atoms with E-state index in [0.717, 1.165) is 0 Å². The molecule has 13 nitrogen and oxygen atoms in total. The molecule has 0 spiro atoms. The third-order valence-corrected chi connectivity index (χ3v) is 13.4. The molecule has 3 aromatic carbocycles. The number of halogens is 8. The number of ether oxygens (including phenoxy) is 3. The lowest BCUT2D eigenvalue weighted by molar-refractivity contribution is -0.149. The van der Waals surface area contributed by atoms with Crippen LogP contribution in [0, 0.1) is 12.7 Å². The van der Waals surface area contributed by atoms with Crippen molar-refractivity contribution in [2.45, 2.75) is 57.8 Å². The summed E-state index contributed by atoms with van der Waals surface area (Å²) < 4.78 is 110. The molecule has 5 heterocycles. The Morgan fingerprint density at radius 3 is 2.36 bits per heavy atom. The standard InChI is InChI=1S/C48H47ClF7N7O6S/c1-28-35-10-7-31(41(28)49)25-63(20-19-61-15-17-62(18-16-61)27-48(54,55)56)38(64)23-29-4-11-36(68-26-34-12-14-59-46(60-34)67-21-13-47(51,52)53)32(22-29)24-37(45(65)66)69-43(57-2)40-39(35)42(70-44(40)58-3)30-5-8-33(50)9-6-30/h4-12,14,22,37H,3,13,15-21,23-27H2,1-2H3,(H,65,66)/t37-/m1/s1. The van der Waals surface area contributed by atoms with Crippen LogP contribution in [0.2, 0.25) is 5.02 Å². The molecule has 1 atom stereocenters. The molecule has 1 N–H and O–H groups in total. The normalized spacial score (nSPS) is 17.0. The van der Waals surface area contributed by atoms with Gasteiger partial charge in [-0.1, -0.05) is 48.0 Å². The second-order valence-electron chi connectivity index (χ2n) is 16.5. The molecule has 0 radical (unpaired) electrons. The van der Waals surface area contributed by atoms with Crippen molar-refractivity contribution in [1.82, 2.24) is 24.7 Å². The zero-order valence-electron chi connectivity index (χ0n) is 37.9. The lowest BCUT2D eigenvalue weighted by Gasteiger charge is -2.36. The predicted octanol–water partition coefficient (Wildman–Crippen LogP) is 9.37. The molecule has 0 aliphatic carbocycles. The molecule has 0 unspecified atom stereocenters. The van der Waals surface area contributed by atoms with Gasteiger partial charge in [-0.25, -0.2) is 14.2 Å². The van der Waals surface area contributed by atoms with Gasteiger partial charge < -0.3 is 24.2 Å². The number of benzene rings is 3. The minimum absolute atomic E-state index is 0.0500. The average molecular weight is 1020 g/mol. The smallest absolute Gasteiger partial charge is 0.401 e. The Kier molecular flexibility index (Phi) is 16.5. The number of hydrogen-bond acceptors (Lipinski definition) is 12. The number of carbonyl (C=O) groups is 2. The van der Waals surface area contributed by atoms with Gasteiger partial charge in [-0.05, 0) is 71.3 Å². The molecule has 1 saturated heterocycles. The molecule has 0 saturated carbocycles. The van der Waals surface area contributed by atoms with Crippen molar-refractivity contribution in [2.75, 3.05) is 59.5 Å². The van der Waals surface area contributed by atoms with E-state index >= 15 is 0 Å². The van der Waals surface area contributed by atoms with E-state index in [1.807, 2.05) is 11.0 Å². The number of carbonyl (C=O) groups excluding carboxylic acids is 1. The highest BCUT2D eigenvalue weighted by molar-refractivity contribution is 7.20. The van der Waals surface area contributed by atoms with Gasteiger partial charge in [0.15, 0.2) is 0 Å². The summed E-state index contributed by atoms with van der Waals surface area (Å²) in [6.45, 7) is 5.31. The van der Waals surface area contributed by atoms with Gasteiger partial charge in [0.1, 0.15) is 29.8 Å². The van der Waals surface area contributed by atoms with Crippen molar-refractivity contribution in [1.29, 1.82) is 0 Å². The van der Waals surface area contributed by atoms with Crippen LogP contribution in [-0.4, -0.2) is 132 Å². The molecular formula is C48H47ClF7N7O6S. The maximum absolute atomic E-state index is 14.5. The number of carboxylic acid groups (broad SMARTS) is 1. The van der Waals surface area contributed by atoms with Crippen molar-refractivity contribution in [3.8, 4) is 33.3 Å². The highest BCUT2D eigenvalue weighted by Crippen LogP contribution is 2.50. The zero-order valence-corrected chi connectivity index (χ0v) is 39.5. The van der Waals surface area contributed by atoms with Crippen LogP contribution in [-0.2, 0) is 40.3 Å². The van der Waals surface area contributed by atoms with Crippen LogP contribution in [0.5, 0.6) is 11.8 Å². The van der Waals surface area contributed by atoms with Gasteiger partial charge in [0.05, 0.1) is 30.6 Å². The summed E-state index contributed by atoms with van der Waals surface area (Å²) in [6.07, 6.45) is -10.9.